The Balaban J connectivity index is 1.85. The summed E-state index contributed by atoms with van der Waals surface area (Å²) < 4.78 is 0. The molecular formula is C25H19ClN4OS. The van der Waals surface area contributed by atoms with Crippen LogP contribution >= 0.6 is 23.8 Å². The van der Waals surface area contributed by atoms with Gasteiger partial charge in [0.1, 0.15) is 11.5 Å². The van der Waals surface area contributed by atoms with Gasteiger partial charge in [-0.15, -0.1) is 0 Å². The second-order valence-electron chi connectivity index (χ2n) is 6.94. The molecule has 5 nitrogen and oxygen atoms in total. The molecule has 0 heterocycles. The zero-order chi connectivity index (χ0) is 22.5. The SMILES string of the molecule is NC(=S)N/N=C(\c1ccccc1)c1cc(Cl)ccc1N=Cc1c(O)ccc2ccccc12. The van der Waals surface area contributed by atoms with Crippen molar-refractivity contribution in [3.05, 3.63) is 107 Å². The highest BCUT2D eigenvalue weighted by Gasteiger charge is 2.13. The number of benzene rings is 4. The zero-order valence-electron chi connectivity index (χ0n) is 16.9. The smallest absolute Gasteiger partial charge is 0.184 e. The molecule has 4 aromatic carbocycles. The van der Waals surface area contributed by atoms with Crippen molar-refractivity contribution in [2.24, 2.45) is 15.8 Å². The van der Waals surface area contributed by atoms with Crippen LogP contribution in [0.4, 0.5) is 5.69 Å². The Kier molecular flexibility index (Phi) is 6.44. The Morgan fingerprint density at radius 3 is 2.50 bits per heavy atom. The van der Waals surface area contributed by atoms with E-state index < -0.39 is 0 Å². The molecule has 32 heavy (non-hydrogen) atoms. The van der Waals surface area contributed by atoms with Crippen molar-refractivity contribution in [2.45, 2.75) is 0 Å². The van der Waals surface area contributed by atoms with Crippen LogP contribution in [-0.4, -0.2) is 22.1 Å². The number of hydrazone groups is 1. The predicted molar refractivity (Wildman–Crippen MR) is 136 cm³/mol. The molecule has 0 radical (unpaired) electrons. The van der Waals surface area contributed by atoms with Gasteiger partial charge in [-0.3, -0.25) is 10.4 Å². The Morgan fingerprint density at radius 2 is 1.72 bits per heavy atom. The quantitative estimate of drug-likeness (QED) is 0.208. The van der Waals surface area contributed by atoms with Gasteiger partial charge in [0.2, 0.25) is 0 Å². The third-order valence-electron chi connectivity index (χ3n) is 4.82. The lowest BCUT2D eigenvalue weighted by molar-refractivity contribution is 0.475. The van der Waals surface area contributed by atoms with Crippen molar-refractivity contribution in [3.63, 3.8) is 0 Å². The van der Waals surface area contributed by atoms with Crippen LogP contribution in [0.25, 0.3) is 10.8 Å². The van der Waals surface area contributed by atoms with Crippen LogP contribution in [0.3, 0.4) is 0 Å². The fourth-order valence-electron chi connectivity index (χ4n) is 3.35. The Morgan fingerprint density at radius 1 is 0.969 bits per heavy atom. The highest BCUT2D eigenvalue weighted by Crippen LogP contribution is 2.29. The summed E-state index contributed by atoms with van der Waals surface area (Å²) in [4.78, 5) is 4.69. The van der Waals surface area contributed by atoms with E-state index in [0.717, 1.165) is 16.3 Å². The van der Waals surface area contributed by atoms with Gasteiger partial charge in [-0.05, 0) is 47.3 Å². The first-order chi connectivity index (χ1) is 15.5. The molecule has 158 valence electrons. The van der Waals surface area contributed by atoms with Crippen molar-refractivity contribution in [1.29, 1.82) is 0 Å². The lowest BCUT2D eigenvalue weighted by Crippen LogP contribution is -2.26. The third-order valence-corrected chi connectivity index (χ3v) is 5.15. The number of hydrogen-bond acceptors (Lipinski definition) is 4. The molecule has 4 N–H and O–H groups in total. The molecule has 0 bridgehead atoms. The summed E-state index contributed by atoms with van der Waals surface area (Å²) in [6.07, 6.45) is 1.65. The second-order valence-corrected chi connectivity index (χ2v) is 7.82. The normalized spacial score (nSPS) is 11.7. The number of thiocarbonyl (C=S) groups is 1. The molecule has 0 saturated heterocycles. The summed E-state index contributed by atoms with van der Waals surface area (Å²) in [6.45, 7) is 0. The van der Waals surface area contributed by atoms with Crippen molar-refractivity contribution in [2.75, 3.05) is 0 Å². The molecule has 0 aromatic heterocycles. The van der Waals surface area contributed by atoms with Crippen LogP contribution in [0.2, 0.25) is 5.02 Å². The highest BCUT2D eigenvalue weighted by molar-refractivity contribution is 7.80. The van der Waals surface area contributed by atoms with Crippen LogP contribution in [0.15, 0.2) is 95.0 Å². The number of hydrogen-bond donors (Lipinski definition) is 3. The van der Waals surface area contributed by atoms with Crippen molar-refractivity contribution < 1.29 is 5.11 Å². The van der Waals surface area contributed by atoms with Crippen LogP contribution in [0.1, 0.15) is 16.7 Å². The molecule has 7 heteroatoms. The summed E-state index contributed by atoms with van der Waals surface area (Å²) in [5.41, 5.74) is 11.6. The number of aromatic hydroxyl groups is 1. The van der Waals surface area contributed by atoms with Crippen LogP contribution in [0, 0.1) is 0 Å². The molecule has 0 atom stereocenters. The molecular weight excluding hydrogens is 440 g/mol. The van der Waals surface area contributed by atoms with E-state index in [1.54, 1.807) is 30.5 Å². The monoisotopic (exact) mass is 458 g/mol. The minimum atomic E-state index is 0.0474. The molecule has 0 fully saturated rings. The number of nitrogens with one attached hydrogen (secondary N) is 1. The molecule has 0 saturated carbocycles. The fourth-order valence-corrected chi connectivity index (χ4v) is 3.57. The average molecular weight is 459 g/mol. The first-order valence-electron chi connectivity index (χ1n) is 9.76. The van der Waals surface area contributed by atoms with Crippen molar-refractivity contribution in [1.82, 2.24) is 5.43 Å². The van der Waals surface area contributed by atoms with Crippen molar-refractivity contribution >= 4 is 57.3 Å². The number of nitrogens with two attached hydrogens (primary N) is 1. The summed E-state index contributed by atoms with van der Waals surface area (Å²) in [5.74, 6) is 0.148. The molecule has 0 spiro atoms. The van der Waals surface area contributed by atoms with Gasteiger partial charge in [0.05, 0.1) is 5.69 Å². The van der Waals surface area contributed by atoms with Crippen molar-refractivity contribution in [3.8, 4) is 5.75 Å². The van der Waals surface area contributed by atoms with E-state index in [0.29, 0.717) is 27.5 Å². The predicted octanol–water partition coefficient (Wildman–Crippen LogP) is 5.54. The van der Waals surface area contributed by atoms with E-state index in [1.165, 1.54) is 0 Å². The van der Waals surface area contributed by atoms with Crippen LogP contribution in [0.5, 0.6) is 5.75 Å². The second kappa shape index (κ2) is 9.60. The van der Waals surface area contributed by atoms with Gasteiger partial charge in [0.15, 0.2) is 5.11 Å². The molecule has 4 rings (SSSR count). The Hall–Kier alpha value is -3.74. The fraction of sp³-hybridized carbons (Fsp3) is 0. The lowest BCUT2D eigenvalue weighted by atomic mass is 10.0. The van der Waals surface area contributed by atoms with E-state index in [9.17, 15) is 5.11 Å². The Bertz CT molecular complexity index is 1350. The molecule has 0 aliphatic heterocycles. The number of phenols is 1. The van der Waals surface area contributed by atoms with Gasteiger partial charge < -0.3 is 10.8 Å². The number of fused-ring (bicyclic) bond motifs is 1. The average Bonchev–Trinajstić information content (AvgIpc) is 2.80. The first kappa shape index (κ1) is 21.5. The molecule has 0 unspecified atom stereocenters. The van der Waals surface area contributed by atoms with E-state index in [-0.39, 0.29) is 10.9 Å². The summed E-state index contributed by atoms with van der Waals surface area (Å²) in [7, 11) is 0. The van der Waals surface area contributed by atoms with Crippen LogP contribution < -0.4 is 11.2 Å². The lowest BCUT2D eigenvalue weighted by Gasteiger charge is -2.11. The zero-order valence-corrected chi connectivity index (χ0v) is 18.4. The molecule has 0 amide bonds. The van der Waals surface area contributed by atoms with Gasteiger partial charge in [-0.25, -0.2) is 0 Å². The highest BCUT2D eigenvalue weighted by atomic mass is 35.5. The maximum Gasteiger partial charge on any atom is 0.184 e. The van der Waals surface area contributed by atoms with Gasteiger partial charge in [-0.1, -0.05) is 72.3 Å². The minimum Gasteiger partial charge on any atom is -0.507 e. The third kappa shape index (κ3) is 4.77. The molecule has 0 aliphatic carbocycles. The van der Waals surface area contributed by atoms with Gasteiger partial charge in [0.25, 0.3) is 0 Å². The number of nitrogens with zero attached hydrogens (tertiary/aromatic N) is 2. The number of halogens is 1. The summed E-state index contributed by atoms with van der Waals surface area (Å²) in [6, 6.07) is 26.3. The Labute approximate surface area is 195 Å². The maximum atomic E-state index is 10.5. The van der Waals surface area contributed by atoms with E-state index >= 15 is 0 Å². The van der Waals surface area contributed by atoms with E-state index in [1.807, 2.05) is 60.7 Å². The summed E-state index contributed by atoms with van der Waals surface area (Å²) in [5, 5.41) is 17.4. The van der Waals surface area contributed by atoms with Gasteiger partial charge in [0, 0.05) is 27.9 Å². The van der Waals surface area contributed by atoms with Crippen LogP contribution in [-0.2, 0) is 0 Å². The topological polar surface area (TPSA) is 83.0 Å². The minimum absolute atomic E-state index is 0.0474. The number of rotatable bonds is 5. The molecule has 4 aromatic rings. The first-order valence-corrected chi connectivity index (χ1v) is 10.5. The van der Waals surface area contributed by atoms with E-state index in [2.05, 4.69) is 15.5 Å². The number of phenolic OH excluding ortho intramolecular Hbond substituents is 1. The number of aliphatic imine (C=N–C) groups is 1. The summed E-state index contributed by atoms with van der Waals surface area (Å²) >= 11 is 11.2. The maximum absolute atomic E-state index is 10.5. The van der Waals surface area contributed by atoms with Gasteiger partial charge in [-0.2, -0.15) is 5.10 Å². The van der Waals surface area contributed by atoms with E-state index in [4.69, 9.17) is 29.6 Å². The standard InChI is InChI=1S/C25H19ClN4OS/c26-18-11-12-22(28-15-21-19-9-5-4-6-16(19)10-13-23(21)31)20(14-18)24(29-30-25(27)32)17-7-2-1-3-8-17/h1-15,31H,(H3,27,30,32)/b28-15?,29-24+. The molecule has 0 aliphatic rings. The van der Waals surface area contributed by atoms with Gasteiger partial charge >= 0.3 is 0 Å². The largest absolute Gasteiger partial charge is 0.507 e.